The van der Waals surface area contributed by atoms with Crippen LogP contribution in [0.3, 0.4) is 0 Å². The van der Waals surface area contributed by atoms with Crippen molar-refractivity contribution in [2.45, 2.75) is 90.4 Å². The van der Waals surface area contributed by atoms with Crippen LogP contribution in [0.4, 0.5) is 0 Å². The van der Waals surface area contributed by atoms with Crippen LogP contribution in [0.5, 0.6) is 5.75 Å². The molecule has 0 spiro atoms. The highest BCUT2D eigenvalue weighted by molar-refractivity contribution is 5.83. The number of benzene rings is 2. The van der Waals surface area contributed by atoms with Crippen molar-refractivity contribution in [3.05, 3.63) is 89.5 Å². The topological polar surface area (TPSA) is 116 Å². The molecule has 10 heteroatoms. The van der Waals surface area contributed by atoms with Crippen LogP contribution in [0.1, 0.15) is 58.1 Å². The largest absolute Gasteiger partial charge is 0.497 e. The van der Waals surface area contributed by atoms with E-state index in [1.54, 1.807) is 20.1 Å². The van der Waals surface area contributed by atoms with Gasteiger partial charge in [0.2, 0.25) is 5.79 Å². The van der Waals surface area contributed by atoms with Gasteiger partial charge in [-0.2, -0.15) is 0 Å². The van der Waals surface area contributed by atoms with E-state index in [2.05, 4.69) is 0 Å². The van der Waals surface area contributed by atoms with Crippen molar-refractivity contribution in [1.29, 1.82) is 0 Å². The summed E-state index contributed by atoms with van der Waals surface area (Å²) in [7, 11) is 4.34. The first-order valence-electron chi connectivity index (χ1n) is 15.8. The van der Waals surface area contributed by atoms with Crippen molar-refractivity contribution in [3.63, 3.8) is 0 Å². The molecule has 0 radical (unpaired) electrons. The summed E-state index contributed by atoms with van der Waals surface area (Å²) < 4.78 is 41.9. The molecule has 10 nitrogen and oxygen atoms in total. The molecule has 5 atom stereocenters. The van der Waals surface area contributed by atoms with Crippen molar-refractivity contribution in [2.75, 3.05) is 21.3 Å². The molecule has 256 valence electrons. The van der Waals surface area contributed by atoms with Gasteiger partial charge in [0.1, 0.15) is 12.0 Å². The van der Waals surface area contributed by atoms with E-state index in [0.717, 1.165) is 16.9 Å². The minimum absolute atomic E-state index is 0.0906. The van der Waals surface area contributed by atoms with E-state index in [1.165, 1.54) is 26.4 Å². The summed E-state index contributed by atoms with van der Waals surface area (Å²) in [4.78, 5) is 36.7. The molecule has 1 saturated heterocycles. The summed E-state index contributed by atoms with van der Waals surface area (Å²) >= 11 is 0. The number of aldehydes is 1. The molecule has 0 amide bonds. The van der Waals surface area contributed by atoms with E-state index in [-0.39, 0.29) is 18.9 Å². The third kappa shape index (κ3) is 10.1. The lowest BCUT2D eigenvalue weighted by molar-refractivity contribution is -0.339. The molecule has 2 aromatic rings. The van der Waals surface area contributed by atoms with Crippen LogP contribution in [0, 0.1) is 5.41 Å². The van der Waals surface area contributed by atoms with Crippen LogP contribution in [0.25, 0.3) is 0 Å². The number of carbonyl (C=O) groups excluding carboxylic acids is 3. The Morgan fingerprint density at radius 3 is 2.26 bits per heavy atom. The van der Waals surface area contributed by atoms with Gasteiger partial charge in [-0.1, -0.05) is 69.3 Å². The van der Waals surface area contributed by atoms with Crippen LogP contribution in [-0.2, 0) is 56.0 Å². The molecule has 1 heterocycles. The van der Waals surface area contributed by atoms with Crippen molar-refractivity contribution in [2.24, 2.45) is 5.41 Å². The smallest absolute Gasteiger partial charge is 0.330 e. The van der Waals surface area contributed by atoms with E-state index < -0.39 is 41.5 Å². The normalized spacial score (nSPS) is 22.1. The zero-order valence-electron chi connectivity index (χ0n) is 28.4. The Morgan fingerprint density at radius 1 is 1.00 bits per heavy atom. The Morgan fingerprint density at radius 2 is 1.66 bits per heavy atom. The van der Waals surface area contributed by atoms with E-state index >= 15 is 0 Å². The van der Waals surface area contributed by atoms with E-state index in [1.807, 2.05) is 75.4 Å². The highest BCUT2D eigenvalue weighted by atomic mass is 16.7. The minimum atomic E-state index is -1.63. The Hall–Kier alpha value is -3.83. The fraction of sp³-hybridized carbons (Fsp3) is 0.486. The monoisotopic (exact) mass is 652 g/mol. The maximum absolute atomic E-state index is 12.7. The first-order chi connectivity index (χ1) is 22.5. The molecule has 1 fully saturated rings. The third-order valence-corrected chi connectivity index (χ3v) is 8.32. The second kappa shape index (κ2) is 17.9. The van der Waals surface area contributed by atoms with Crippen LogP contribution in [0.2, 0.25) is 0 Å². The minimum Gasteiger partial charge on any atom is -0.497 e. The standard InChI is InChI=1S/C37H48O10/c1-8-33(39)46-35-29(22-34(40)42-6)21-31(47-37(35,43-7)36(3,4)19-12-20-38)23-32(26(2)44-24-27-13-10-9-11-14-27)45-25-28-15-17-30(41-5)18-16-28/h9-20,22,26,31-32,35H,8,21,23-25H2,1-7H3/b19-12+,29-22+/t26-,31?,32-,35+,37-/m1/s1. The Labute approximate surface area is 278 Å². The van der Waals surface area contributed by atoms with Crippen molar-refractivity contribution < 1.29 is 47.5 Å². The highest BCUT2D eigenvalue weighted by Gasteiger charge is 2.59. The highest BCUT2D eigenvalue weighted by Crippen LogP contribution is 2.48. The van der Waals surface area contributed by atoms with Gasteiger partial charge in [0.05, 0.1) is 45.7 Å². The molecule has 0 aromatic heterocycles. The molecular formula is C37H48O10. The third-order valence-electron chi connectivity index (χ3n) is 8.32. The number of methoxy groups -OCH3 is 3. The second-order valence-electron chi connectivity index (χ2n) is 11.9. The average Bonchev–Trinajstić information content (AvgIpc) is 3.09. The molecule has 0 aliphatic carbocycles. The number of hydrogen-bond donors (Lipinski definition) is 0. The summed E-state index contributed by atoms with van der Waals surface area (Å²) in [6, 6.07) is 17.5. The van der Waals surface area contributed by atoms with Gasteiger partial charge in [-0.15, -0.1) is 0 Å². The molecule has 1 aliphatic heterocycles. The predicted molar refractivity (Wildman–Crippen MR) is 175 cm³/mol. The molecule has 0 saturated carbocycles. The van der Waals surface area contributed by atoms with Gasteiger partial charge in [-0.05, 0) is 48.3 Å². The molecular weight excluding hydrogens is 604 g/mol. The van der Waals surface area contributed by atoms with Crippen LogP contribution in [0.15, 0.2) is 78.4 Å². The fourth-order valence-corrected chi connectivity index (χ4v) is 5.60. The van der Waals surface area contributed by atoms with E-state index in [4.69, 9.17) is 33.2 Å². The number of allylic oxidation sites excluding steroid dienone is 1. The van der Waals surface area contributed by atoms with Crippen molar-refractivity contribution >= 4 is 18.2 Å². The Kier molecular flexibility index (Phi) is 14.3. The number of rotatable bonds is 17. The predicted octanol–water partition coefficient (Wildman–Crippen LogP) is 5.91. The van der Waals surface area contributed by atoms with Crippen molar-refractivity contribution in [1.82, 2.24) is 0 Å². The summed E-state index contributed by atoms with van der Waals surface area (Å²) in [5, 5.41) is 0. The van der Waals surface area contributed by atoms with Gasteiger partial charge in [-0.3, -0.25) is 9.59 Å². The van der Waals surface area contributed by atoms with Gasteiger partial charge in [-0.25, -0.2) is 4.79 Å². The molecule has 47 heavy (non-hydrogen) atoms. The van der Waals surface area contributed by atoms with Crippen LogP contribution < -0.4 is 4.74 Å². The fourth-order valence-electron chi connectivity index (χ4n) is 5.60. The van der Waals surface area contributed by atoms with Gasteiger partial charge in [0.15, 0.2) is 6.10 Å². The molecule has 0 N–H and O–H groups in total. The Balaban J connectivity index is 2.01. The number of esters is 2. The zero-order valence-corrected chi connectivity index (χ0v) is 28.4. The lowest BCUT2D eigenvalue weighted by atomic mass is 9.74. The van der Waals surface area contributed by atoms with Crippen LogP contribution in [-0.4, -0.2) is 69.8 Å². The maximum Gasteiger partial charge on any atom is 0.330 e. The van der Waals surface area contributed by atoms with E-state index in [0.29, 0.717) is 31.5 Å². The summed E-state index contributed by atoms with van der Waals surface area (Å²) in [5.41, 5.74) is 1.40. The SMILES string of the molecule is CCC(=O)O[C@H]1/C(=C/C(=O)OC)CC(C[C@@H](OCc2ccc(OC)cc2)[C@@H](C)OCc2ccccc2)O[C@@]1(OC)C(C)(C)/C=C/C=O. The van der Waals surface area contributed by atoms with Crippen molar-refractivity contribution in [3.8, 4) is 5.75 Å². The van der Waals surface area contributed by atoms with Crippen LogP contribution >= 0.6 is 0 Å². The van der Waals surface area contributed by atoms with E-state index in [9.17, 15) is 14.4 Å². The number of hydrogen-bond acceptors (Lipinski definition) is 10. The zero-order chi connectivity index (χ0) is 34.5. The first kappa shape index (κ1) is 37.6. The van der Waals surface area contributed by atoms with Gasteiger partial charge in [0.25, 0.3) is 0 Å². The summed E-state index contributed by atoms with van der Waals surface area (Å²) in [6.07, 6.45) is 3.03. The van der Waals surface area contributed by atoms with Gasteiger partial charge < -0.3 is 33.2 Å². The molecule has 1 unspecified atom stereocenters. The maximum atomic E-state index is 12.7. The number of carbonyl (C=O) groups is 3. The molecule has 1 aliphatic rings. The quantitative estimate of drug-likeness (QED) is 0.116. The van der Waals surface area contributed by atoms with Gasteiger partial charge in [0, 0.05) is 31.4 Å². The lowest BCUT2D eigenvalue weighted by Gasteiger charge is -2.53. The summed E-state index contributed by atoms with van der Waals surface area (Å²) in [5.74, 6) is -2.01. The molecule has 2 aromatic carbocycles. The average molecular weight is 653 g/mol. The Bertz CT molecular complexity index is 1350. The molecule has 3 rings (SSSR count). The second-order valence-corrected chi connectivity index (χ2v) is 11.9. The lowest BCUT2D eigenvalue weighted by Crippen LogP contribution is -2.63. The van der Waals surface area contributed by atoms with Gasteiger partial charge >= 0.3 is 11.9 Å². The first-order valence-corrected chi connectivity index (χ1v) is 15.8. The molecule has 0 bridgehead atoms. The number of ether oxygens (including phenoxy) is 7. The summed E-state index contributed by atoms with van der Waals surface area (Å²) in [6.45, 7) is 7.91.